The Balaban J connectivity index is 2.49. The number of nitrogens with two attached hydrogens (primary N) is 1. The Morgan fingerprint density at radius 1 is 1.27 bits per heavy atom. The van der Waals surface area contributed by atoms with Crippen LogP contribution in [0.2, 0.25) is 0 Å². The standard InChI is InChI=1S/C9H5BrF2N2S/c10-7-8(13)14-9(15-7)4-1-2-5(11)6(12)3-4/h1-3H,13H2. The fourth-order valence-electron chi connectivity index (χ4n) is 1.07. The van der Waals surface area contributed by atoms with Gasteiger partial charge in [0.05, 0.1) is 0 Å². The molecule has 0 aliphatic carbocycles. The van der Waals surface area contributed by atoms with Gasteiger partial charge in [0.2, 0.25) is 0 Å². The number of halogens is 3. The molecule has 0 bridgehead atoms. The lowest BCUT2D eigenvalue weighted by atomic mass is 10.2. The van der Waals surface area contributed by atoms with E-state index in [2.05, 4.69) is 20.9 Å². The first kappa shape index (κ1) is 10.5. The van der Waals surface area contributed by atoms with Crippen molar-refractivity contribution in [2.75, 3.05) is 5.73 Å². The molecule has 2 aromatic rings. The first-order valence-corrected chi connectivity index (χ1v) is 5.56. The molecule has 0 aliphatic heterocycles. The number of anilines is 1. The lowest BCUT2D eigenvalue weighted by Gasteiger charge is -1.96. The van der Waals surface area contributed by atoms with Crippen molar-refractivity contribution in [2.24, 2.45) is 0 Å². The van der Waals surface area contributed by atoms with Crippen molar-refractivity contribution in [3.63, 3.8) is 0 Å². The fourth-order valence-corrected chi connectivity index (χ4v) is 2.32. The van der Waals surface area contributed by atoms with Gasteiger partial charge in [-0.05, 0) is 34.1 Å². The van der Waals surface area contributed by atoms with Crippen LogP contribution in [-0.2, 0) is 0 Å². The highest BCUT2D eigenvalue weighted by molar-refractivity contribution is 9.11. The summed E-state index contributed by atoms with van der Waals surface area (Å²) in [5, 5.41) is 0.554. The highest BCUT2D eigenvalue weighted by atomic mass is 79.9. The van der Waals surface area contributed by atoms with Crippen molar-refractivity contribution in [1.82, 2.24) is 4.98 Å². The molecule has 0 radical (unpaired) electrons. The average molecular weight is 291 g/mol. The molecule has 78 valence electrons. The molecule has 1 aromatic carbocycles. The quantitative estimate of drug-likeness (QED) is 0.874. The highest BCUT2D eigenvalue weighted by Gasteiger charge is 2.10. The molecule has 0 spiro atoms. The van der Waals surface area contributed by atoms with Gasteiger partial charge in [-0.3, -0.25) is 0 Å². The third-order valence-electron chi connectivity index (χ3n) is 1.78. The summed E-state index contributed by atoms with van der Waals surface area (Å²) < 4.78 is 26.3. The van der Waals surface area contributed by atoms with Gasteiger partial charge in [0.15, 0.2) is 11.6 Å². The molecule has 6 heteroatoms. The van der Waals surface area contributed by atoms with E-state index in [1.165, 1.54) is 17.4 Å². The number of thiazole rings is 1. The second-order valence-electron chi connectivity index (χ2n) is 2.81. The molecule has 0 fully saturated rings. The van der Waals surface area contributed by atoms with E-state index >= 15 is 0 Å². The van der Waals surface area contributed by atoms with Gasteiger partial charge < -0.3 is 5.73 Å². The van der Waals surface area contributed by atoms with Gasteiger partial charge in [0.25, 0.3) is 0 Å². The first-order chi connectivity index (χ1) is 7.08. The highest BCUT2D eigenvalue weighted by Crippen LogP contribution is 2.33. The van der Waals surface area contributed by atoms with Gasteiger partial charge in [0.1, 0.15) is 14.6 Å². The maximum absolute atomic E-state index is 12.9. The zero-order valence-electron chi connectivity index (χ0n) is 7.30. The number of aromatic nitrogens is 1. The van der Waals surface area contributed by atoms with Crippen LogP contribution in [0.3, 0.4) is 0 Å². The number of nitrogens with zero attached hydrogens (tertiary/aromatic N) is 1. The fraction of sp³-hybridized carbons (Fsp3) is 0. The van der Waals surface area contributed by atoms with Crippen molar-refractivity contribution in [1.29, 1.82) is 0 Å². The average Bonchev–Trinajstić information content (AvgIpc) is 2.52. The third kappa shape index (κ3) is 2.00. The van der Waals surface area contributed by atoms with Crippen LogP contribution in [0, 0.1) is 11.6 Å². The van der Waals surface area contributed by atoms with Crippen LogP contribution in [-0.4, -0.2) is 4.98 Å². The predicted molar refractivity (Wildman–Crippen MR) is 59.6 cm³/mol. The monoisotopic (exact) mass is 290 g/mol. The maximum atomic E-state index is 12.9. The molecule has 2 N–H and O–H groups in total. The first-order valence-electron chi connectivity index (χ1n) is 3.95. The lowest BCUT2D eigenvalue weighted by Crippen LogP contribution is -1.87. The van der Waals surface area contributed by atoms with E-state index in [1.54, 1.807) is 0 Å². The molecular formula is C9H5BrF2N2S. The van der Waals surface area contributed by atoms with Gasteiger partial charge >= 0.3 is 0 Å². The zero-order valence-corrected chi connectivity index (χ0v) is 9.70. The Bertz CT molecular complexity index is 493. The van der Waals surface area contributed by atoms with Gasteiger partial charge in [-0.15, -0.1) is 11.3 Å². The van der Waals surface area contributed by atoms with E-state index in [4.69, 9.17) is 5.73 Å². The minimum atomic E-state index is -0.891. The second-order valence-corrected chi connectivity index (χ2v) is 5.12. The Kier molecular flexibility index (Phi) is 2.70. The van der Waals surface area contributed by atoms with Crippen LogP contribution in [0.5, 0.6) is 0 Å². The minimum absolute atomic E-state index is 0.347. The molecule has 0 saturated heterocycles. The van der Waals surface area contributed by atoms with Crippen LogP contribution >= 0.6 is 27.3 Å². The second kappa shape index (κ2) is 3.86. The minimum Gasteiger partial charge on any atom is -0.382 e. The Labute approximate surface area is 96.9 Å². The van der Waals surface area contributed by atoms with E-state index in [-0.39, 0.29) is 0 Å². The molecule has 0 aliphatic rings. The lowest BCUT2D eigenvalue weighted by molar-refractivity contribution is 0.509. The molecular weight excluding hydrogens is 286 g/mol. The molecule has 15 heavy (non-hydrogen) atoms. The Morgan fingerprint density at radius 3 is 2.53 bits per heavy atom. The number of rotatable bonds is 1. The van der Waals surface area contributed by atoms with Gasteiger partial charge in [-0.25, -0.2) is 13.8 Å². The summed E-state index contributed by atoms with van der Waals surface area (Å²) in [6, 6.07) is 3.62. The van der Waals surface area contributed by atoms with E-state index in [0.717, 1.165) is 12.1 Å². The normalized spacial score (nSPS) is 10.6. The van der Waals surface area contributed by atoms with Crippen molar-refractivity contribution < 1.29 is 8.78 Å². The molecule has 0 saturated carbocycles. The van der Waals surface area contributed by atoms with E-state index < -0.39 is 11.6 Å². The molecule has 1 aromatic heterocycles. The van der Waals surface area contributed by atoms with E-state index in [1.807, 2.05) is 0 Å². The summed E-state index contributed by atoms with van der Waals surface area (Å²) in [7, 11) is 0. The van der Waals surface area contributed by atoms with Crippen molar-refractivity contribution in [2.45, 2.75) is 0 Å². The smallest absolute Gasteiger partial charge is 0.159 e. The number of hydrogen-bond acceptors (Lipinski definition) is 3. The number of nitrogen functional groups attached to an aromatic ring is 1. The molecule has 0 unspecified atom stereocenters. The summed E-state index contributed by atoms with van der Waals surface area (Å²) in [6.07, 6.45) is 0. The zero-order chi connectivity index (χ0) is 11.0. The largest absolute Gasteiger partial charge is 0.382 e. The van der Waals surface area contributed by atoms with Crippen LogP contribution < -0.4 is 5.73 Å². The van der Waals surface area contributed by atoms with E-state index in [9.17, 15) is 8.78 Å². The van der Waals surface area contributed by atoms with Crippen molar-refractivity contribution in [3.8, 4) is 10.6 Å². The van der Waals surface area contributed by atoms with Crippen LogP contribution in [0.15, 0.2) is 22.0 Å². The Morgan fingerprint density at radius 2 is 2.00 bits per heavy atom. The third-order valence-corrected chi connectivity index (χ3v) is 3.58. The summed E-state index contributed by atoms with van der Waals surface area (Å²) in [5.41, 5.74) is 6.04. The van der Waals surface area contributed by atoms with Crippen LogP contribution in [0.1, 0.15) is 0 Å². The number of hydrogen-bond donors (Lipinski definition) is 1. The maximum Gasteiger partial charge on any atom is 0.159 e. The molecule has 0 atom stereocenters. The molecule has 1 heterocycles. The topological polar surface area (TPSA) is 38.9 Å². The van der Waals surface area contributed by atoms with Crippen LogP contribution in [0.25, 0.3) is 10.6 Å². The van der Waals surface area contributed by atoms with Gasteiger partial charge in [-0.2, -0.15) is 0 Å². The predicted octanol–water partition coefficient (Wildman–Crippen LogP) is 3.43. The summed E-state index contributed by atoms with van der Waals surface area (Å²) in [4.78, 5) is 4.01. The van der Waals surface area contributed by atoms with Crippen LogP contribution in [0.4, 0.5) is 14.6 Å². The van der Waals surface area contributed by atoms with E-state index in [0.29, 0.717) is 20.2 Å². The molecule has 0 amide bonds. The summed E-state index contributed by atoms with van der Waals surface area (Å²) >= 11 is 4.48. The number of benzene rings is 1. The SMILES string of the molecule is Nc1nc(-c2ccc(F)c(F)c2)sc1Br. The molecule has 2 rings (SSSR count). The van der Waals surface area contributed by atoms with Gasteiger partial charge in [-0.1, -0.05) is 0 Å². The Hall–Kier alpha value is -1.01. The summed E-state index contributed by atoms with van der Waals surface area (Å²) in [6.45, 7) is 0. The van der Waals surface area contributed by atoms with Gasteiger partial charge in [0, 0.05) is 5.56 Å². The molecule has 2 nitrogen and oxygen atoms in total. The summed E-state index contributed by atoms with van der Waals surface area (Å²) in [5.74, 6) is -1.42. The van der Waals surface area contributed by atoms with Crippen molar-refractivity contribution in [3.05, 3.63) is 33.6 Å². The van der Waals surface area contributed by atoms with Crippen molar-refractivity contribution >= 4 is 33.1 Å².